The second-order valence-electron chi connectivity index (χ2n) is 4.23. The Morgan fingerprint density at radius 3 is 2.61 bits per heavy atom. The zero-order valence-electron chi connectivity index (χ0n) is 11.1. The molecule has 0 bridgehead atoms. The maximum absolute atomic E-state index is 12.6. The van der Waals surface area contributed by atoms with Gasteiger partial charge in [0.15, 0.2) is 0 Å². The first-order chi connectivity index (χ1) is 8.58. The summed E-state index contributed by atoms with van der Waals surface area (Å²) in [5, 5.41) is 3.24. The third-order valence-electron chi connectivity index (χ3n) is 3.41. The molecule has 1 rings (SSSR count). The number of hydrogen-bond acceptors (Lipinski definition) is 3. The van der Waals surface area contributed by atoms with E-state index in [1.54, 1.807) is 0 Å². The molecule has 0 saturated carbocycles. The Kier molecular flexibility index (Phi) is 6.08. The number of nitrogens with one attached hydrogen (secondary N) is 1. The van der Waals surface area contributed by atoms with E-state index in [1.807, 2.05) is 11.8 Å². The molecule has 18 heavy (non-hydrogen) atoms. The molecule has 1 N–H and O–H groups in total. The summed E-state index contributed by atoms with van der Waals surface area (Å²) in [5.74, 6) is 0.382. The summed E-state index contributed by atoms with van der Waals surface area (Å²) in [5.41, 5.74) is 0. The van der Waals surface area contributed by atoms with Crippen LogP contribution in [-0.4, -0.2) is 27.1 Å². The van der Waals surface area contributed by atoms with Gasteiger partial charge in [0.05, 0.1) is 6.54 Å². The van der Waals surface area contributed by atoms with Gasteiger partial charge < -0.3 is 5.32 Å². The minimum Gasteiger partial charge on any atom is -0.309 e. The van der Waals surface area contributed by atoms with Gasteiger partial charge in [0.1, 0.15) is 5.82 Å². The highest BCUT2D eigenvalue weighted by atomic mass is 32.2. The monoisotopic (exact) mass is 277 g/mol. The van der Waals surface area contributed by atoms with Crippen molar-refractivity contribution >= 4 is 11.8 Å². The van der Waals surface area contributed by atoms with Crippen LogP contribution in [0.25, 0.3) is 0 Å². The van der Waals surface area contributed by atoms with Gasteiger partial charge in [-0.25, -0.2) is 4.98 Å². The zero-order valence-corrected chi connectivity index (χ0v) is 11.9. The van der Waals surface area contributed by atoms with E-state index in [0.29, 0.717) is 12.4 Å². The minimum absolute atomic E-state index is 0.183. The quantitative estimate of drug-likeness (QED) is 0.791. The fourth-order valence-corrected chi connectivity index (χ4v) is 2.75. The molecule has 0 radical (unpaired) electrons. The molecule has 0 saturated heterocycles. The number of thioether (sulfide) groups is 1. The fraction of sp³-hybridized carbons (Fsp3) is 0.750. The van der Waals surface area contributed by atoms with Crippen LogP contribution in [0.1, 0.15) is 39.1 Å². The third kappa shape index (κ3) is 3.68. The van der Waals surface area contributed by atoms with Crippen LogP contribution in [-0.2, 0) is 6.54 Å². The first-order valence-electron chi connectivity index (χ1n) is 6.14. The number of imidazole rings is 1. The van der Waals surface area contributed by atoms with E-state index < -0.39 is 6.55 Å². The second kappa shape index (κ2) is 7.09. The molecule has 3 nitrogen and oxygen atoms in total. The summed E-state index contributed by atoms with van der Waals surface area (Å²) in [6.07, 6.45) is 6.92. The highest BCUT2D eigenvalue weighted by molar-refractivity contribution is 8.00. The van der Waals surface area contributed by atoms with E-state index in [0.717, 1.165) is 24.0 Å². The number of alkyl halides is 2. The molecule has 0 aliphatic carbocycles. The van der Waals surface area contributed by atoms with Gasteiger partial charge >= 0.3 is 6.55 Å². The lowest BCUT2D eigenvalue weighted by atomic mass is 10.0. The van der Waals surface area contributed by atoms with E-state index in [2.05, 4.69) is 30.4 Å². The number of aromatic nitrogens is 2. The highest BCUT2D eigenvalue weighted by Gasteiger charge is 2.24. The maximum Gasteiger partial charge on any atom is 0.319 e. The zero-order chi connectivity index (χ0) is 13.6. The molecule has 6 heteroatoms. The standard InChI is InChI=1S/C12H21F2N3S/c1-4-12(5-2,18-3)9-15-8-10-16-6-7-17(10)11(13)14/h6-7,11,15H,4-5,8-9H2,1-3H3. The normalized spacial score (nSPS) is 12.3. The van der Waals surface area contributed by atoms with Gasteiger partial charge in [-0.15, -0.1) is 0 Å². The van der Waals surface area contributed by atoms with Gasteiger partial charge in [-0.05, 0) is 19.1 Å². The van der Waals surface area contributed by atoms with Crippen molar-refractivity contribution in [2.75, 3.05) is 12.8 Å². The molecule has 0 aromatic carbocycles. The summed E-state index contributed by atoms with van der Waals surface area (Å²) in [4.78, 5) is 3.95. The lowest BCUT2D eigenvalue weighted by Crippen LogP contribution is -2.36. The van der Waals surface area contributed by atoms with Crippen molar-refractivity contribution < 1.29 is 8.78 Å². The van der Waals surface area contributed by atoms with E-state index in [-0.39, 0.29) is 4.75 Å². The largest absolute Gasteiger partial charge is 0.319 e. The Labute approximate surface area is 111 Å². The van der Waals surface area contributed by atoms with Gasteiger partial charge in [0.2, 0.25) is 0 Å². The molecular formula is C12H21F2N3S. The van der Waals surface area contributed by atoms with Crippen LogP contribution in [0.5, 0.6) is 0 Å². The van der Waals surface area contributed by atoms with Gasteiger partial charge in [-0.2, -0.15) is 20.5 Å². The predicted octanol–water partition coefficient (Wildman–Crippen LogP) is 3.29. The van der Waals surface area contributed by atoms with Crippen LogP contribution in [0.15, 0.2) is 12.4 Å². The van der Waals surface area contributed by atoms with Crippen LogP contribution in [0.2, 0.25) is 0 Å². The summed E-state index contributed by atoms with van der Waals surface area (Å²) in [7, 11) is 0. The molecule has 0 spiro atoms. The maximum atomic E-state index is 12.6. The molecule has 0 amide bonds. The molecule has 0 aliphatic heterocycles. The van der Waals surface area contributed by atoms with E-state index >= 15 is 0 Å². The number of hydrogen-bond donors (Lipinski definition) is 1. The predicted molar refractivity (Wildman–Crippen MR) is 72.0 cm³/mol. The molecule has 1 aromatic heterocycles. The average Bonchev–Trinajstić information content (AvgIpc) is 2.84. The van der Waals surface area contributed by atoms with Crippen molar-refractivity contribution in [2.24, 2.45) is 0 Å². The SMILES string of the molecule is CCC(CC)(CNCc1nccn1C(F)F)SC. The van der Waals surface area contributed by atoms with E-state index in [4.69, 9.17) is 0 Å². The molecule has 0 aliphatic rings. The minimum atomic E-state index is -2.52. The topological polar surface area (TPSA) is 29.9 Å². The Hall–Kier alpha value is -0.620. The van der Waals surface area contributed by atoms with Gasteiger partial charge in [0.25, 0.3) is 0 Å². The summed E-state index contributed by atoms with van der Waals surface area (Å²) < 4.78 is 26.3. The van der Waals surface area contributed by atoms with Crippen LogP contribution in [0.4, 0.5) is 8.78 Å². The smallest absolute Gasteiger partial charge is 0.309 e. The van der Waals surface area contributed by atoms with Crippen molar-refractivity contribution in [1.82, 2.24) is 14.9 Å². The van der Waals surface area contributed by atoms with Crippen LogP contribution in [0.3, 0.4) is 0 Å². The molecular weight excluding hydrogens is 256 g/mol. The molecule has 0 fully saturated rings. The summed E-state index contributed by atoms with van der Waals surface area (Å²) in [6.45, 7) is 2.97. The van der Waals surface area contributed by atoms with Crippen molar-refractivity contribution in [2.45, 2.75) is 44.5 Å². The number of halogens is 2. The van der Waals surface area contributed by atoms with Gasteiger partial charge in [-0.3, -0.25) is 4.57 Å². The average molecular weight is 277 g/mol. The summed E-state index contributed by atoms with van der Waals surface area (Å²) in [6, 6.07) is 0. The lowest BCUT2D eigenvalue weighted by Gasteiger charge is -2.29. The highest BCUT2D eigenvalue weighted by Crippen LogP contribution is 2.29. The van der Waals surface area contributed by atoms with Crippen molar-refractivity contribution in [3.63, 3.8) is 0 Å². The first kappa shape index (κ1) is 15.4. The molecule has 0 unspecified atom stereocenters. The number of rotatable bonds is 8. The molecule has 104 valence electrons. The van der Waals surface area contributed by atoms with Gasteiger partial charge in [0, 0.05) is 23.7 Å². The van der Waals surface area contributed by atoms with Crippen molar-refractivity contribution in [1.29, 1.82) is 0 Å². The summed E-state index contributed by atoms with van der Waals surface area (Å²) >= 11 is 1.83. The van der Waals surface area contributed by atoms with Crippen LogP contribution in [0, 0.1) is 0 Å². The Bertz CT molecular complexity index is 343. The van der Waals surface area contributed by atoms with Crippen LogP contribution >= 0.6 is 11.8 Å². The Morgan fingerprint density at radius 1 is 1.44 bits per heavy atom. The Balaban J connectivity index is 2.53. The van der Waals surface area contributed by atoms with E-state index in [1.165, 1.54) is 12.4 Å². The fourth-order valence-electron chi connectivity index (χ4n) is 1.92. The van der Waals surface area contributed by atoms with E-state index in [9.17, 15) is 8.78 Å². The Morgan fingerprint density at radius 2 is 2.11 bits per heavy atom. The first-order valence-corrected chi connectivity index (χ1v) is 7.36. The van der Waals surface area contributed by atoms with Crippen molar-refractivity contribution in [3.8, 4) is 0 Å². The lowest BCUT2D eigenvalue weighted by molar-refractivity contribution is 0.0666. The third-order valence-corrected chi connectivity index (χ3v) is 5.00. The van der Waals surface area contributed by atoms with Crippen LogP contribution < -0.4 is 5.32 Å². The molecule has 0 atom stereocenters. The second-order valence-corrected chi connectivity index (χ2v) is 5.50. The number of nitrogens with zero attached hydrogens (tertiary/aromatic N) is 2. The van der Waals surface area contributed by atoms with Gasteiger partial charge in [-0.1, -0.05) is 13.8 Å². The van der Waals surface area contributed by atoms with Crippen molar-refractivity contribution in [3.05, 3.63) is 18.2 Å². The molecule has 1 heterocycles. The molecule has 1 aromatic rings.